The van der Waals surface area contributed by atoms with Crippen LogP contribution in [0.4, 0.5) is 13.2 Å². The van der Waals surface area contributed by atoms with Crippen LogP contribution in [0.2, 0.25) is 0 Å². The highest BCUT2D eigenvalue weighted by atomic mass is 19.4. The topological polar surface area (TPSA) is 61.9 Å². The molecule has 2 unspecified atom stereocenters. The number of carbonyl (C=O) groups is 1. The first-order chi connectivity index (χ1) is 15.9. The molecule has 0 radical (unpaired) electrons. The summed E-state index contributed by atoms with van der Waals surface area (Å²) >= 11 is 0. The Morgan fingerprint density at radius 3 is 2.67 bits per heavy atom. The third-order valence-electron chi connectivity index (χ3n) is 7.75. The van der Waals surface area contributed by atoms with Gasteiger partial charge in [-0.1, -0.05) is 6.92 Å². The number of nitrogens with zero attached hydrogens (tertiary/aromatic N) is 3. The zero-order valence-electron chi connectivity index (χ0n) is 18.7. The van der Waals surface area contributed by atoms with Crippen LogP contribution in [-0.4, -0.2) is 44.5 Å². The van der Waals surface area contributed by atoms with Gasteiger partial charge in [0.25, 0.3) is 0 Å². The number of aromatic nitrogens is 3. The Morgan fingerprint density at radius 2 is 1.94 bits per heavy atom. The standard InChI is InChI=1S/C25H29F3N4O/c1-2-21(33)32-13-3-4-19(25(26,27)28)23(32)16-7-5-15(6-8-16)17-9-11-29-20-14-31-24-18(22(17)20)10-12-30-24/h9-12,14-16,19,23,29H,2-8,13H2,1H3. The van der Waals surface area contributed by atoms with Gasteiger partial charge in [0.2, 0.25) is 5.91 Å². The minimum Gasteiger partial charge on any atom is -0.360 e. The number of halogens is 3. The second-order valence-electron chi connectivity index (χ2n) is 9.50. The van der Waals surface area contributed by atoms with Gasteiger partial charge in [0.1, 0.15) is 0 Å². The molecule has 3 aromatic heterocycles. The number of rotatable bonds is 3. The molecule has 1 aliphatic heterocycles. The van der Waals surface area contributed by atoms with Gasteiger partial charge in [-0.15, -0.1) is 0 Å². The summed E-state index contributed by atoms with van der Waals surface area (Å²) in [5.41, 5.74) is 2.86. The summed E-state index contributed by atoms with van der Waals surface area (Å²) in [6, 6.07) is 3.33. The van der Waals surface area contributed by atoms with Crippen LogP contribution >= 0.6 is 0 Å². The molecule has 0 aromatic carbocycles. The molecule has 1 amide bonds. The van der Waals surface area contributed by atoms with E-state index in [0.29, 0.717) is 31.5 Å². The number of hydrogen-bond donors (Lipinski definition) is 1. The second kappa shape index (κ2) is 8.61. The number of aromatic amines is 1. The Labute approximate surface area is 190 Å². The predicted octanol–water partition coefficient (Wildman–Crippen LogP) is 5.96. The minimum atomic E-state index is -4.27. The average Bonchev–Trinajstić information content (AvgIpc) is 3.31. The zero-order chi connectivity index (χ0) is 23.2. The fourth-order valence-corrected chi connectivity index (χ4v) is 6.25. The maximum absolute atomic E-state index is 14.0. The Morgan fingerprint density at radius 1 is 1.15 bits per heavy atom. The normalized spacial score (nSPS) is 26.7. The molecule has 0 spiro atoms. The van der Waals surface area contributed by atoms with E-state index in [1.54, 1.807) is 24.2 Å². The summed E-state index contributed by atoms with van der Waals surface area (Å²) in [6.07, 6.45) is 5.01. The van der Waals surface area contributed by atoms with Crippen LogP contribution in [0.15, 0.2) is 30.7 Å². The highest BCUT2D eigenvalue weighted by molar-refractivity contribution is 6.05. The van der Waals surface area contributed by atoms with Crippen molar-refractivity contribution in [2.75, 3.05) is 6.54 Å². The fraction of sp³-hybridized carbons (Fsp3) is 0.560. The van der Waals surface area contributed by atoms with Crippen molar-refractivity contribution >= 4 is 27.8 Å². The summed E-state index contributed by atoms with van der Waals surface area (Å²) in [5, 5.41) is 2.11. The summed E-state index contributed by atoms with van der Waals surface area (Å²) in [7, 11) is 0. The lowest BCUT2D eigenvalue weighted by molar-refractivity contribution is -0.209. The first-order valence-corrected chi connectivity index (χ1v) is 12.0. The number of alkyl halides is 3. The van der Waals surface area contributed by atoms with Crippen LogP contribution < -0.4 is 0 Å². The second-order valence-corrected chi connectivity index (χ2v) is 9.50. The molecule has 1 saturated heterocycles. The number of fused-ring (bicyclic) bond motifs is 3. The summed E-state index contributed by atoms with van der Waals surface area (Å²) in [6.45, 7) is 2.18. The number of carbonyl (C=O) groups excluding carboxylic acids is 1. The fourth-order valence-electron chi connectivity index (χ4n) is 6.25. The first-order valence-electron chi connectivity index (χ1n) is 12.0. The van der Waals surface area contributed by atoms with Crippen molar-refractivity contribution in [3.63, 3.8) is 0 Å². The largest absolute Gasteiger partial charge is 0.393 e. The Balaban J connectivity index is 1.42. The molecule has 4 heterocycles. The van der Waals surface area contributed by atoms with E-state index < -0.39 is 18.1 Å². The molecule has 5 rings (SSSR count). The average molecular weight is 459 g/mol. The molecule has 2 fully saturated rings. The minimum absolute atomic E-state index is 0.118. The molecular formula is C25H29F3N4O. The lowest BCUT2D eigenvalue weighted by atomic mass is 9.70. The summed E-state index contributed by atoms with van der Waals surface area (Å²) in [5.74, 6) is -1.43. The maximum atomic E-state index is 14.0. The van der Waals surface area contributed by atoms with Gasteiger partial charge >= 0.3 is 6.18 Å². The van der Waals surface area contributed by atoms with E-state index in [-0.39, 0.29) is 30.6 Å². The van der Waals surface area contributed by atoms with Crippen molar-refractivity contribution in [2.24, 2.45) is 11.8 Å². The molecule has 3 aromatic rings. The Bertz CT molecular complexity index is 1150. The van der Waals surface area contributed by atoms with Gasteiger partial charge in [0, 0.05) is 42.2 Å². The van der Waals surface area contributed by atoms with Gasteiger partial charge in [-0.05, 0) is 68.1 Å². The van der Waals surface area contributed by atoms with E-state index in [1.165, 1.54) is 5.56 Å². The van der Waals surface area contributed by atoms with Gasteiger partial charge in [0.15, 0.2) is 5.65 Å². The summed E-state index contributed by atoms with van der Waals surface area (Å²) in [4.78, 5) is 26.1. The highest BCUT2D eigenvalue weighted by Crippen LogP contribution is 2.47. The molecule has 2 atom stereocenters. The smallest absolute Gasteiger partial charge is 0.360 e. The van der Waals surface area contributed by atoms with E-state index in [0.717, 1.165) is 29.1 Å². The van der Waals surface area contributed by atoms with E-state index in [2.05, 4.69) is 21.0 Å². The molecule has 5 nitrogen and oxygen atoms in total. The van der Waals surface area contributed by atoms with Crippen LogP contribution in [0.1, 0.15) is 63.4 Å². The van der Waals surface area contributed by atoms with E-state index in [1.807, 2.05) is 12.3 Å². The first kappa shape index (κ1) is 22.2. The molecule has 176 valence electrons. The quantitative estimate of drug-likeness (QED) is 0.526. The maximum Gasteiger partial charge on any atom is 0.393 e. The number of nitrogens with one attached hydrogen (secondary N) is 1. The number of H-pyrrole nitrogens is 1. The molecule has 1 aliphatic carbocycles. The van der Waals surface area contributed by atoms with Crippen LogP contribution in [0.5, 0.6) is 0 Å². The third kappa shape index (κ3) is 3.97. The van der Waals surface area contributed by atoms with Crippen LogP contribution in [0.3, 0.4) is 0 Å². The third-order valence-corrected chi connectivity index (χ3v) is 7.75. The lowest BCUT2D eigenvalue weighted by Crippen LogP contribution is -2.56. The Kier molecular flexibility index (Phi) is 5.79. The van der Waals surface area contributed by atoms with Crippen molar-refractivity contribution in [3.8, 4) is 0 Å². The number of likely N-dealkylation sites (tertiary alicyclic amines) is 1. The van der Waals surface area contributed by atoms with E-state index >= 15 is 0 Å². The summed E-state index contributed by atoms with van der Waals surface area (Å²) < 4.78 is 41.9. The van der Waals surface area contributed by atoms with Crippen LogP contribution in [0.25, 0.3) is 21.9 Å². The van der Waals surface area contributed by atoms with Gasteiger partial charge < -0.3 is 9.88 Å². The van der Waals surface area contributed by atoms with Gasteiger partial charge in [0.05, 0.1) is 17.6 Å². The number of hydrogen-bond acceptors (Lipinski definition) is 3. The number of piperidine rings is 1. The van der Waals surface area contributed by atoms with Crippen molar-refractivity contribution < 1.29 is 18.0 Å². The highest BCUT2D eigenvalue weighted by Gasteiger charge is 2.51. The number of amides is 1. The lowest BCUT2D eigenvalue weighted by Gasteiger charge is -2.47. The van der Waals surface area contributed by atoms with Crippen LogP contribution in [0, 0.1) is 11.8 Å². The van der Waals surface area contributed by atoms with Gasteiger partial charge in [-0.25, -0.2) is 9.97 Å². The SMILES string of the molecule is CCC(=O)N1CCCC(C(F)(F)F)C1C1CCC(c2cc[nH]c3cnc4nccc4c23)CC1. The monoisotopic (exact) mass is 458 g/mol. The van der Waals surface area contributed by atoms with Gasteiger partial charge in [-0.2, -0.15) is 13.2 Å². The molecule has 1 N–H and O–H groups in total. The molecule has 0 bridgehead atoms. The molecule has 8 heteroatoms. The van der Waals surface area contributed by atoms with Gasteiger partial charge in [-0.3, -0.25) is 4.79 Å². The molecule has 2 aliphatic rings. The van der Waals surface area contributed by atoms with E-state index in [4.69, 9.17) is 0 Å². The van der Waals surface area contributed by atoms with E-state index in [9.17, 15) is 18.0 Å². The van der Waals surface area contributed by atoms with Crippen molar-refractivity contribution in [2.45, 2.75) is 70.0 Å². The molecule has 1 saturated carbocycles. The van der Waals surface area contributed by atoms with Crippen molar-refractivity contribution in [1.82, 2.24) is 19.9 Å². The van der Waals surface area contributed by atoms with Crippen molar-refractivity contribution in [3.05, 3.63) is 36.3 Å². The molecule has 33 heavy (non-hydrogen) atoms. The number of pyridine rings is 2. The molecular weight excluding hydrogens is 429 g/mol. The Hall–Kier alpha value is -2.64. The van der Waals surface area contributed by atoms with Crippen molar-refractivity contribution in [1.29, 1.82) is 0 Å². The van der Waals surface area contributed by atoms with Crippen LogP contribution in [-0.2, 0) is 4.79 Å². The predicted molar refractivity (Wildman–Crippen MR) is 121 cm³/mol. The zero-order valence-corrected chi connectivity index (χ0v) is 18.7.